The van der Waals surface area contributed by atoms with Gasteiger partial charge >= 0.3 is 0 Å². The van der Waals surface area contributed by atoms with E-state index in [0.717, 1.165) is 32.5 Å². The van der Waals surface area contributed by atoms with Gasteiger partial charge < -0.3 is 5.32 Å². The van der Waals surface area contributed by atoms with E-state index in [9.17, 15) is 9.59 Å². The van der Waals surface area contributed by atoms with Gasteiger partial charge in [0.15, 0.2) is 0 Å². The lowest BCUT2D eigenvalue weighted by Crippen LogP contribution is -2.58. The van der Waals surface area contributed by atoms with Crippen molar-refractivity contribution in [3.63, 3.8) is 0 Å². The molecule has 2 rings (SSSR count). The Morgan fingerprint density at radius 1 is 1.39 bits per heavy atom. The molecule has 2 N–H and O–H groups in total. The van der Waals surface area contributed by atoms with Crippen molar-refractivity contribution in [3.8, 4) is 0 Å². The molecule has 0 saturated carbocycles. The van der Waals surface area contributed by atoms with E-state index in [1.54, 1.807) is 0 Å². The average Bonchev–Trinajstić information content (AvgIpc) is 2.37. The molecule has 0 aromatic heterocycles. The second kappa shape index (κ2) is 6.29. The Kier molecular flexibility index (Phi) is 4.72. The number of hydrogen-bond acceptors (Lipinski definition) is 4. The van der Waals surface area contributed by atoms with Gasteiger partial charge in [-0.15, -0.1) is 0 Å². The van der Waals surface area contributed by atoms with Crippen LogP contribution in [0.4, 0.5) is 0 Å². The molecule has 2 atom stereocenters. The zero-order valence-corrected chi connectivity index (χ0v) is 11.1. The summed E-state index contributed by atoms with van der Waals surface area (Å²) >= 11 is 0. The van der Waals surface area contributed by atoms with Crippen molar-refractivity contribution in [2.45, 2.75) is 38.6 Å². The van der Waals surface area contributed by atoms with Crippen molar-refractivity contribution in [2.24, 2.45) is 5.92 Å². The van der Waals surface area contributed by atoms with E-state index in [1.165, 1.54) is 12.8 Å². The van der Waals surface area contributed by atoms with Crippen LogP contribution in [0.15, 0.2) is 0 Å². The fourth-order valence-corrected chi connectivity index (χ4v) is 2.92. The van der Waals surface area contributed by atoms with Crippen molar-refractivity contribution >= 4 is 11.8 Å². The summed E-state index contributed by atoms with van der Waals surface area (Å²) in [6.07, 6.45) is 4.34. The summed E-state index contributed by atoms with van der Waals surface area (Å²) < 4.78 is 0. The van der Waals surface area contributed by atoms with Gasteiger partial charge in [0.1, 0.15) is 0 Å². The Bertz CT molecular complexity index is 313. The van der Waals surface area contributed by atoms with Crippen LogP contribution in [0.3, 0.4) is 0 Å². The molecular weight excluding hydrogens is 230 g/mol. The number of amides is 2. The summed E-state index contributed by atoms with van der Waals surface area (Å²) in [7, 11) is 0. The van der Waals surface area contributed by atoms with E-state index in [-0.39, 0.29) is 17.9 Å². The fraction of sp³-hybridized carbons (Fsp3) is 0.846. The number of carbonyl (C=O) groups excluding carboxylic acids is 2. The van der Waals surface area contributed by atoms with Gasteiger partial charge in [0.25, 0.3) is 0 Å². The molecule has 2 aliphatic heterocycles. The van der Waals surface area contributed by atoms with E-state index in [0.29, 0.717) is 12.5 Å². The first-order valence-electron chi connectivity index (χ1n) is 6.99. The molecule has 0 aromatic carbocycles. The minimum atomic E-state index is -0.161. The number of carbonyl (C=O) groups is 2. The van der Waals surface area contributed by atoms with E-state index in [2.05, 4.69) is 10.6 Å². The summed E-state index contributed by atoms with van der Waals surface area (Å²) in [5.74, 6) is 0.401. The molecule has 2 fully saturated rings. The number of rotatable bonds is 4. The van der Waals surface area contributed by atoms with Crippen LogP contribution in [0.5, 0.6) is 0 Å². The standard InChI is InChI=1S/C13H23N3O2/c1-2-11-13(18)15-12(17)9-16(11)7-5-10-4-3-6-14-8-10/h10-11,14H,2-9H2,1H3,(H,15,17,18). The smallest absolute Gasteiger partial charge is 0.243 e. The maximum atomic E-state index is 11.7. The molecule has 18 heavy (non-hydrogen) atoms. The molecule has 2 unspecified atom stereocenters. The second-order valence-corrected chi connectivity index (χ2v) is 5.31. The highest BCUT2D eigenvalue weighted by Crippen LogP contribution is 2.17. The summed E-state index contributed by atoms with van der Waals surface area (Å²) in [5, 5.41) is 5.82. The maximum absolute atomic E-state index is 11.7. The van der Waals surface area contributed by atoms with E-state index in [4.69, 9.17) is 0 Å². The Morgan fingerprint density at radius 2 is 2.22 bits per heavy atom. The summed E-state index contributed by atoms with van der Waals surface area (Å²) in [6.45, 7) is 5.41. The quantitative estimate of drug-likeness (QED) is 0.698. The third-order valence-corrected chi connectivity index (χ3v) is 3.96. The molecule has 2 aliphatic rings. The van der Waals surface area contributed by atoms with Crippen molar-refractivity contribution in [1.82, 2.24) is 15.5 Å². The first-order chi connectivity index (χ1) is 8.70. The first kappa shape index (κ1) is 13.5. The molecule has 0 spiro atoms. The number of hydrogen-bond donors (Lipinski definition) is 2. The zero-order chi connectivity index (χ0) is 13.0. The van der Waals surface area contributed by atoms with E-state index < -0.39 is 0 Å². The molecular formula is C13H23N3O2. The second-order valence-electron chi connectivity index (χ2n) is 5.31. The Morgan fingerprint density at radius 3 is 2.89 bits per heavy atom. The molecule has 2 saturated heterocycles. The highest BCUT2D eigenvalue weighted by atomic mass is 16.2. The van der Waals surface area contributed by atoms with Gasteiger partial charge in [0, 0.05) is 0 Å². The number of nitrogens with zero attached hydrogens (tertiary/aromatic N) is 1. The van der Waals surface area contributed by atoms with Gasteiger partial charge in [-0.1, -0.05) is 6.92 Å². The number of piperazine rings is 1. The fourth-order valence-electron chi connectivity index (χ4n) is 2.92. The predicted octanol–water partition coefficient (Wildman–Crippen LogP) is 0.113. The molecule has 5 nitrogen and oxygen atoms in total. The lowest BCUT2D eigenvalue weighted by molar-refractivity contribution is -0.140. The summed E-state index contributed by atoms with van der Waals surface area (Å²) in [5.41, 5.74) is 0. The van der Waals surface area contributed by atoms with Crippen molar-refractivity contribution in [2.75, 3.05) is 26.2 Å². The Balaban J connectivity index is 1.85. The van der Waals surface area contributed by atoms with Crippen molar-refractivity contribution in [1.29, 1.82) is 0 Å². The van der Waals surface area contributed by atoms with Gasteiger partial charge in [-0.05, 0) is 51.2 Å². The number of imide groups is 1. The monoisotopic (exact) mass is 253 g/mol. The predicted molar refractivity (Wildman–Crippen MR) is 69.0 cm³/mol. The molecule has 5 heteroatoms. The Labute approximate surface area is 108 Å². The molecule has 0 aromatic rings. The van der Waals surface area contributed by atoms with Gasteiger partial charge in [0.05, 0.1) is 12.6 Å². The molecule has 2 amide bonds. The van der Waals surface area contributed by atoms with Crippen LogP contribution >= 0.6 is 0 Å². The molecule has 102 valence electrons. The maximum Gasteiger partial charge on any atom is 0.243 e. The SMILES string of the molecule is CCC1C(=O)NC(=O)CN1CCC1CCCNC1. The van der Waals surface area contributed by atoms with Crippen molar-refractivity contribution < 1.29 is 9.59 Å². The van der Waals surface area contributed by atoms with Gasteiger partial charge in [-0.2, -0.15) is 0 Å². The van der Waals surface area contributed by atoms with Crippen LogP contribution in [0, 0.1) is 5.92 Å². The minimum absolute atomic E-state index is 0.126. The van der Waals surface area contributed by atoms with E-state index in [1.807, 2.05) is 11.8 Å². The molecule has 0 aliphatic carbocycles. The summed E-state index contributed by atoms with van der Waals surface area (Å²) in [4.78, 5) is 25.2. The third-order valence-electron chi connectivity index (χ3n) is 3.96. The average molecular weight is 253 g/mol. The Hall–Kier alpha value is -0.940. The first-order valence-corrected chi connectivity index (χ1v) is 6.99. The summed E-state index contributed by atoms with van der Waals surface area (Å²) in [6, 6.07) is -0.126. The van der Waals surface area contributed by atoms with E-state index >= 15 is 0 Å². The normalized spacial score (nSPS) is 30.3. The number of piperidine rings is 1. The molecule has 0 radical (unpaired) electrons. The van der Waals surface area contributed by atoms with Crippen LogP contribution in [0.2, 0.25) is 0 Å². The van der Waals surface area contributed by atoms with Crippen LogP contribution in [-0.2, 0) is 9.59 Å². The third kappa shape index (κ3) is 3.29. The molecule has 0 bridgehead atoms. The largest absolute Gasteiger partial charge is 0.316 e. The van der Waals surface area contributed by atoms with Crippen LogP contribution in [-0.4, -0.2) is 48.9 Å². The zero-order valence-electron chi connectivity index (χ0n) is 11.1. The van der Waals surface area contributed by atoms with Crippen molar-refractivity contribution in [3.05, 3.63) is 0 Å². The van der Waals surface area contributed by atoms with Gasteiger partial charge in [-0.25, -0.2) is 0 Å². The number of nitrogens with one attached hydrogen (secondary N) is 2. The topological polar surface area (TPSA) is 61.4 Å². The highest BCUT2D eigenvalue weighted by molar-refractivity contribution is 6.01. The lowest BCUT2D eigenvalue weighted by Gasteiger charge is -2.34. The van der Waals surface area contributed by atoms with Crippen LogP contribution < -0.4 is 10.6 Å². The minimum Gasteiger partial charge on any atom is -0.316 e. The lowest BCUT2D eigenvalue weighted by atomic mass is 9.95. The molecule has 2 heterocycles. The highest BCUT2D eigenvalue weighted by Gasteiger charge is 2.32. The van der Waals surface area contributed by atoms with Gasteiger partial charge in [0.2, 0.25) is 11.8 Å². The van der Waals surface area contributed by atoms with Crippen LogP contribution in [0.25, 0.3) is 0 Å². The van der Waals surface area contributed by atoms with Gasteiger partial charge in [-0.3, -0.25) is 19.8 Å². The van der Waals surface area contributed by atoms with Crippen LogP contribution in [0.1, 0.15) is 32.6 Å².